The van der Waals surface area contributed by atoms with E-state index in [1.807, 2.05) is 0 Å². The van der Waals surface area contributed by atoms with E-state index in [1.165, 1.54) is 37.0 Å². The summed E-state index contributed by atoms with van der Waals surface area (Å²) in [5, 5.41) is 9.44. The van der Waals surface area contributed by atoms with Gasteiger partial charge in [0.1, 0.15) is 23.5 Å². The number of nitrogens with zero attached hydrogens (tertiary/aromatic N) is 5. The van der Waals surface area contributed by atoms with Gasteiger partial charge in [0.05, 0.1) is 18.9 Å². The van der Waals surface area contributed by atoms with Crippen LogP contribution < -0.4 is 14.4 Å². The van der Waals surface area contributed by atoms with Crippen LogP contribution >= 0.6 is 0 Å². The largest absolute Gasteiger partial charge is 0.478 e. The lowest BCUT2D eigenvalue weighted by atomic mass is 9.72. The molecule has 2 aromatic rings. The maximum atomic E-state index is 13.6. The van der Waals surface area contributed by atoms with E-state index in [1.54, 1.807) is 0 Å². The summed E-state index contributed by atoms with van der Waals surface area (Å²) in [6.45, 7) is 4.72. The Morgan fingerprint density at radius 1 is 1.25 bits per heavy atom. The van der Waals surface area contributed by atoms with Crippen molar-refractivity contribution in [1.29, 1.82) is 0 Å². The Hall–Kier alpha value is -2.91. The minimum absolute atomic E-state index is 0.0276. The van der Waals surface area contributed by atoms with Crippen molar-refractivity contribution in [2.24, 2.45) is 5.41 Å². The molecule has 14 heteroatoms. The van der Waals surface area contributed by atoms with Gasteiger partial charge in [-0.1, -0.05) is 0 Å². The summed E-state index contributed by atoms with van der Waals surface area (Å²) in [7, 11) is -0.458. The molecule has 3 aliphatic heterocycles. The number of carboxylic acid groups (broad SMARTS) is 1. The topological polar surface area (TPSA) is 137 Å². The second-order valence-corrected chi connectivity index (χ2v) is 13.0. The molecule has 0 unspecified atom stereocenters. The summed E-state index contributed by atoms with van der Waals surface area (Å²) in [6, 6.07) is 3.17. The number of benzene rings is 1. The first-order chi connectivity index (χ1) is 19.0. The molecule has 3 saturated heterocycles. The van der Waals surface area contributed by atoms with E-state index in [0.29, 0.717) is 18.2 Å². The van der Waals surface area contributed by atoms with E-state index >= 15 is 0 Å². The fourth-order valence-electron chi connectivity index (χ4n) is 5.58. The van der Waals surface area contributed by atoms with Crippen molar-refractivity contribution in [2.45, 2.75) is 37.8 Å². The number of ether oxygens (including phenoxy) is 2. The monoisotopic (exact) mass is 578 g/mol. The van der Waals surface area contributed by atoms with Gasteiger partial charge >= 0.3 is 5.97 Å². The molecule has 1 aromatic carbocycles. The predicted octanol–water partition coefficient (Wildman–Crippen LogP) is 1.95. The molecule has 5 rings (SSSR count). The molecule has 40 heavy (non-hydrogen) atoms. The second kappa shape index (κ2) is 11.5. The molecular formula is C26H35FN6O6S. The maximum Gasteiger partial charge on any atom is 0.339 e. The number of carbonyl (C=O) groups is 1. The van der Waals surface area contributed by atoms with Gasteiger partial charge in [0.2, 0.25) is 0 Å². The first kappa shape index (κ1) is 28.6. The molecule has 1 spiro atoms. The molecule has 12 nitrogen and oxygen atoms in total. The minimum atomic E-state index is -3.47. The summed E-state index contributed by atoms with van der Waals surface area (Å²) >= 11 is 0. The summed E-state index contributed by atoms with van der Waals surface area (Å²) in [5.74, 6) is -1.00. The zero-order chi connectivity index (χ0) is 28.5. The zero-order valence-electron chi connectivity index (χ0n) is 22.6. The van der Waals surface area contributed by atoms with Crippen LogP contribution in [0.3, 0.4) is 0 Å². The van der Waals surface area contributed by atoms with Gasteiger partial charge in [0.15, 0.2) is 11.6 Å². The van der Waals surface area contributed by atoms with Crippen molar-refractivity contribution in [2.75, 3.05) is 58.3 Å². The number of anilines is 1. The van der Waals surface area contributed by atoms with Crippen LogP contribution in [-0.2, 0) is 14.9 Å². The van der Waals surface area contributed by atoms with Gasteiger partial charge in [0.25, 0.3) is 10.2 Å². The van der Waals surface area contributed by atoms with Crippen molar-refractivity contribution in [3.05, 3.63) is 42.1 Å². The lowest BCUT2D eigenvalue weighted by Gasteiger charge is -2.54. The normalized spacial score (nSPS) is 23.2. The third-order valence-electron chi connectivity index (χ3n) is 7.95. The molecule has 0 saturated carbocycles. The summed E-state index contributed by atoms with van der Waals surface area (Å²) in [4.78, 5) is 24.5. The predicted molar refractivity (Wildman–Crippen MR) is 144 cm³/mol. The van der Waals surface area contributed by atoms with Gasteiger partial charge in [-0.15, -0.1) is 0 Å². The molecule has 218 valence electrons. The van der Waals surface area contributed by atoms with Gasteiger partial charge in [-0.3, -0.25) is 0 Å². The maximum absolute atomic E-state index is 13.6. The Balaban J connectivity index is 1.11. The third kappa shape index (κ3) is 6.36. The van der Waals surface area contributed by atoms with E-state index < -0.39 is 22.0 Å². The molecule has 0 amide bonds. The number of hydrogen-bond donors (Lipinski definition) is 2. The van der Waals surface area contributed by atoms with Crippen LogP contribution in [0.5, 0.6) is 11.5 Å². The van der Waals surface area contributed by atoms with Crippen LogP contribution in [0.4, 0.5) is 10.2 Å². The highest BCUT2D eigenvalue weighted by molar-refractivity contribution is 7.87. The molecule has 0 radical (unpaired) electrons. The van der Waals surface area contributed by atoms with Crippen molar-refractivity contribution < 1.29 is 32.2 Å². The fraction of sp³-hybridized carbons (Fsp3) is 0.577. The van der Waals surface area contributed by atoms with Gasteiger partial charge in [-0.05, 0) is 57.0 Å². The average molecular weight is 579 g/mol. The van der Waals surface area contributed by atoms with Crippen LogP contribution in [-0.4, -0.2) is 104 Å². The highest BCUT2D eigenvalue weighted by atomic mass is 32.2. The highest BCUT2D eigenvalue weighted by Crippen LogP contribution is 2.45. The minimum Gasteiger partial charge on any atom is -0.478 e. The number of carboxylic acids is 1. The number of aromatic nitrogens is 2. The molecule has 2 atom stereocenters. The highest BCUT2D eigenvalue weighted by Gasteiger charge is 2.46. The Labute approximate surface area is 233 Å². The summed E-state index contributed by atoms with van der Waals surface area (Å²) in [6.07, 6.45) is 6.64. The zero-order valence-corrected chi connectivity index (χ0v) is 23.4. The smallest absolute Gasteiger partial charge is 0.339 e. The van der Waals surface area contributed by atoms with Crippen molar-refractivity contribution in [3.63, 3.8) is 0 Å². The summed E-state index contributed by atoms with van der Waals surface area (Å²) < 4.78 is 53.4. The Kier molecular flexibility index (Phi) is 8.25. The first-order valence-electron chi connectivity index (χ1n) is 13.3. The average Bonchev–Trinajstić information content (AvgIpc) is 2.90. The molecule has 3 fully saturated rings. The number of nitrogens with one attached hydrogen (secondary N) is 1. The van der Waals surface area contributed by atoms with Crippen molar-refractivity contribution in [3.8, 4) is 11.5 Å². The van der Waals surface area contributed by atoms with Crippen molar-refractivity contribution in [1.82, 2.24) is 23.9 Å². The molecule has 4 heterocycles. The van der Waals surface area contributed by atoms with E-state index in [4.69, 9.17) is 9.47 Å². The van der Waals surface area contributed by atoms with Crippen LogP contribution in [0.25, 0.3) is 0 Å². The Morgan fingerprint density at radius 2 is 2.00 bits per heavy atom. The molecule has 0 bridgehead atoms. The fourth-order valence-corrected chi connectivity index (χ4v) is 6.40. The number of rotatable bonds is 9. The number of likely N-dealkylation sites (tertiary alicyclic amines) is 1. The SMILES string of the molecule is CN(C)S(=O)(=O)N[C@@H]1CC[C@@H](CN2CCC3(CC2)CN(c2ncncc2Oc2ccc(F)cc2C(=O)O)C3)OC1. The molecule has 3 aliphatic rings. The van der Waals surface area contributed by atoms with Gasteiger partial charge in [-0.2, -0.15) is 17.4 Å². The van der Waals surface area contributed by atoms with E-state index in [-0.39, 0.29) is 28.9 Å². The van der Waals surface area contributed by atoms with Gasteiger partial charge in [-0.25, -0.2) is 19.2 Å². The molecule has 0 aliphatic carbocycles. The number of aromatic carboxylic acids is 1. The quantitative estimate of drug-likeness (QED) is 0.454. The number of piperidine rings is 1. The van der Waals surface area contributed by atoms with Crippen LogP contribution in [0, 0.1) is 11.2 Å². The van der Waals surface area contributed by atoms with Gasteiger partial charge < -0.3 is 24.4 Å². The Bertz CT molecular complexity index is 1320. The number of halogens is 1. The lowest BCUT2D eigenvalue weighted by Crippen LogP contribution is -2.61. The first-order valence-corrected chi connectivity index (χ1v) is 14.8. The van der Waals surface area contributed by atoms with E-state index in [9.17, 15) is 22.7 Å². The van der Waals surface area contributed by atoms with Crippen molar-refractivity contribution >= 4 is 22.0 Å². The standard InChI is InChI=1S/C26H35FN6O6S/c1-31(2)40(36,37)30-19-4-5-20(38-14-19)13-32-9-7-26(8-10-32)15-33(16-26)24-23(12-28-17-29-24)39-22-6-3-18(27)11-21(22)25(34)35/h3,6,11-12,17,19-20,30H,4-5,7-10,13-16H2,1-2H3,(H,34,35)/t19-,20+/m1/s1. The van der Waals surface area contributed by atoms with Gasteiger partial charge in [0, 0.05) is 45.2 Å². The lowest BCUT2D eigenvalue weighted by molar-refractivity contribution is -0.0300. The third-order valence-corrected chi connectivity index (χ3v) is 9.54. The molecular weight excluding hydrogens is 543 g/mol. The number of hydrogen-bond acceptors (Lipinski definition) is 9. The Morgan fingerprint density at radius 3 is 2.65 bits per heavy atom. The molecule has 1 aromatic heterocycles. The van der Waals surface area contributed by atoms with E-state index in [0.717, 1.165) is 70.5 Å². The second-order valence-electron chi connectivity index (χ2n) is 11.0. The van der Waals surface area contributed by atoms with E-state index in [2.05, 4.69) is 24.5 Å². The van der Waals surface area contributed by atoms with Crippen LogP contribution in [0.15, 0.2) is 30.7 Å². The van der Waals surface area contributed by atoms with Crippen LogP contribution in [0.1, 0.15) is 36.0 Å². The van der Waals surface area contributed by atoms with Crippen LogP contribution in [0.2, 0.25) is 0 Å². The summed E-state index contributed by atoms with van der Waals surface area (Å²) in [5.41, 5.74) is -0.0985. The molecule has 2 N–H and O–H groups in total.